The van der Waals surface area contributed by atoms with Crippen LogP contribution in [0.1, 0.15) is 0 Å². The van der Waals surface area contributed by atoms with Crippen LogP contribution in [0.25, 0.3) is 0 Å². The van der Waals surface area contributed by atoms with Crippen LogP contribution in [0.4, 0.5) is 5.69 Å². The zero-order valence-corrected chi connectivity index (χ0v) is 13.9. The average Bonchev–Trinajstić information content (AvgIpc) is 2.38. The van der Waals surface area contributed by atoms with Crippen molar-refractivity contribution in [2.45, 2.75) is 0 Å². The molecule has 0 amide bonds. The second kappa shape index (κ2) is 7.17. The summed E-state index contributed by atoms with van der Waals surface area (Å²) in [4.78, 5) is 0. The summed E-state index contributed by atoms with van der Waals surface area (Å²) in [5, 5.41) is 3.99. The Balaban J connectivity index is 1.83. The summed E-state index contributed by atoms with van der Waals surface area (Å²) in [6.07, 6.45) is 0. The van der Waals surface area contributed by atoms with Crippen molar-refractivity contribution in [3.05, 3.63) is 56.4 Å². The molecule has 2 aromatic rings. The van der Waals surface area contributed by atoms with E-state index in [1.54, 1.807) is 0 Å². The van der Waals surface area contributed by atoms with Crippen LogP contribution in [0.15, 0.2) is 51.4 Å². The van der Waals surface area contributed by atoms with Crippen molar-refractivity contribution in [1.82, 2.24) is 0 Å². The van der Waals surface area contributed by atoms with E-state index < -0.39 is 0 Å². The molecule has 19 heavy (non-hydrogen) atoms. The van der Waals surface area contributed by atoms with Gasteiger partial charge in [-0.1, -0.05) is 23.7 Å². The highest BCUT2D eigenvalue weighted by molar-refractivity contribution is 9.11. The van der Waals surface area contributed by atoms with Gasteiger partial charge in [-0.25, -0.2) is 0 Å². The van der Waals surface area contributed by atoms with Gasteiger partial charge in [-0.15, -0.1) is 0 Å². The summed E-state index contributed by atoms with van der Waals surface area (Å²) in [5.74, 6) is 0.790. The second-order valence-corrected chi connectivity index (χ2v) is 5.97. The maximum atomic E-state index is 5.87. The quantitative estimate of drug-likeness (QED) is 0.677. The van der Waals surface area contributed by atoms with Crippen LogP contribution in [-0.2, 0) is 0 Å². The van der Waals surface area contributed by atoms with E-state index >= 15 is 0 Å². The van der Waals surface area contributed by atoms with Crippen LogP contribution in [0.3, 0.4) is 0 Å². The standard InChI is InChI=1S/C14H12Br2ClNO/c15-11-3-1-2-4-13(11)18-7-8-19-14-6-5-10(17)9-12(14)16/h1-6,9,18H,7-8H2. The molecule has 0 bridgehead atoms. The van der Waals surface area contributed by atoms with Crippen LogP contribution in [-0.4, -0.2) is 13.2 Å². The summed E-state index contributed by atoms with van der Waals surface area (Å²) in [5.41, 5.74) is 1.06. The monoisotopic (exact) mass is 403 g/mol. The maximum absolute atomic E-state index is 5.87. The Bertz CT molecular complexity index is 563. The van der Waals surface area contributed by atoms with E-state index in [1.165, 1.54) is 0 Å². The molecule has 1 N–H and O–H groups in total. The first-order valence-corrected chi connectivity index (χ1v) is 7.69. The molecule has 0 aromatic heterocycles. The van der Waals surface area contributed by atoms with Crippen LogP contribution >= 0.6 is 43.5 Å². The topological polar surface area (TPSA) is 21.3 Å². The summed E-state index contributed by atoms with van der Waals surface area (Å²) >= 11 is 12.8. The molecule has 0 spiro atoms. The third-order valence-electron chi connectivity index (χ3n) is 2.44. The van der Waals surface area contributed by atoms with Gasteiger partial charge < -0.3 is 10.1 Å². The molecule has 0 saturated carbocycles. The van der Waals surface area contributed by atoms with Gasteiger partial charge in [0.1, 0.15) is 12.4 Å². The molecule has 0 aliphatic heterocycles. The highest BCUT2D eigenvalue weighted by atomic mass is 79.9. The molecule has 0 atom stereocenters. The zero-order valence-electron chi connectivity index (χ0n) is 10.00. The first-order chi connectivity index (χ1) is 9.16. The predicted molar refractivity (Wildman–Crippen MR) is 87.3 cm³/mol. The molecule has 2 nitrogen and oxygen atoms in total. The first kappa shape index (κ1) is 14.7. The lowest BCUT2D eigenvalue weighted by Crippen LogP contribution is -2.11. The summed E-state index contributed by atoms with van der Waals surface area (Å²) in [7, 11) is 0. The van der Waals surface area contributed by atoms with Crippen molar-refractivity contribution in [3.63, 3.8) is 0 Å². The van der Waals surface area contributed by atoms with Crippen molar-refractivity contribution < 1.29 is 4.74 Å². The van der Waals surface area contributed by atoms with Gasteiger partial charge in [0, 0.05) is 21.7 Å². The summed E-state index contributed by atoms with van der Waals surface area (Å²) in [6, 6.07) is 13.5. The second-order valence-electron chi connectivity index (χ2n) is 3.83. The fourth-order valence-electron chi connectivity index (χ4n) is 1.54. The average molecular weight is 406 g/mol. The summed E-state index contributed by atoms with van der Waals surface area (Å²) in [6.45, 7) is 1.29. The van der Waals surface area contributed by atoms with Crippen molar-refractivity contribution in [2.75, 3.05) is 18.5 Å². The smallest absolute Gasteiger partial charge is 0.133 e. The molecule has 0 fully saturated rings. The first-order valence-electron chi connectivity index (χ1n) is 5.73. The Kier molecular flexibility index (Phi) is 5.55. The van der Waals surface area contributed by atoms with Crippen LogP contribution in [0, 0.1) is 0 Å². The number of hydrogen-bond acceptors (Lipinski definition) is 2. The number of benzene rings is 2. The van der Waals surface area contributed by atoms with Gasteiger partial charge in [0.25, 0.3) is 0 Å². The number of anilines is 1. The number of para-hydroxylation sites is 1. The fourth-order valence-corrected chi connectivity index (χ4v) is 2.77. The Labute approximate surface area is 134 Å². The molecule has 2 rings (SSSR count). The molecule has 0 heterocycles. The fraction of sp³-hybridized carbons (Fsp3) is 0.143. The lowest BCUT2D eigenvalue weighted by Gasteiger charge is -2.11. The van der Waals surface area contributed by atoms with E-state index in [-0.39, 0.29) is 0 Å². The Morgan fingerprint density at radius 2 is 1.84 bits per heavy atom. The van der Waals surface area contributed by atoms with Gasteiger partial charge in [0.2, 0.25) is 0 Å². The van der Waals surface area contributed by atoms with Gasteiger partial charge in [-0.3, -0.25) is 0 Å². The lowest BCUT2D eigenvalue weighted by atomic mass is 10.3. The van der Waals surface area contributed by atoms with Gasteiger partial charge in [0.05, 0.1) is 4.47 Å². The van der Waals surface area contributed by atoms with E-state index in [0.29, 0.717) is 11.6 Å². The Morgan fingerprint density at radius 1 is 1.05 bits per heavy atom. The largest absolute Gasteiger partial charge is 0.491 e. The van der Waals surface area contributed by atoms with Gasteiger partial charge in [-0.05, 0) is 62.2 Å². The molecular weight excluding hydrogens is 393 g/mol. The molecule has 5 heteroatoms. The minimum Gasteiger partial charge on any atom is -0.491 e. The third-order valence-corrected chi connectivity index (χ3v) is 3.99. The number of hydrogen-bond donors (Lipinski definition) is 1. The molecule has 0 aliphatic carbocycles. The van der Waals surface area contributed by atoms with Crippen molar-refractivity contribution >= 4 is 49.1 Å². The van der Waals surface area contributed by atoms with Gasteiger partial charge >= 0.3 is 0 Å². The minimum absolute atomic E-state index is 0.571. The Morgan fingerprint density at radius 3 is 2.58 bits per heavy atom. The number of nitrogens with one attached hydrogen (secondary N) is 1. The number of ether oxygens (including phenoxy) is 1. The van der Waals surface area contributed by atoms with Crippen molar-refractivity contribution in [3.8, 4) is 5.75 Å². The van der Waals surface area contributed by atoms with Crippen molar-refractivity contribution in [2.24, 2.45) is 0 Å². The molecule has 100 valence electrons. The maximum Gasteiger partial charge on any atom is 0.133 e. The Hall–Kier alpha value is -0.710. The zero-order chi connectivity index (χ0) is 13.7. The SMILES string of the molecule is Clc1ccc(OCCNc2ccccc2Br)c(Br)c1. The van der Waals surface area contributed by atoms with E-state index in [9.17, 15) is 0 Å². The van der Waals surface area contributed by atoms with E-state index in [2.05, 4.69) is 37.2 Å². The van der Waals surface area contributed by atoms with E-state index in [4.69, 9.17) is 16.3 Å². The highest BCUT2D eigenvalue weighted by Crippen LogP contribution is 2.28. The van der Waals surface area contributed by atoms with Crippen LogP contribution < -0.4 is 10.1 Å². The molecular formula is C14H12Br2ClNO. The molecule has 0 unspecified atom stereocenters. The minimum atomic E-state index is 0.571. The molecule has 0 saturated heterocycles. The van der Waals surface area contributed by atoms with E-state index in [0.717, 1.165) is 26.9 Å². The highest BCUT2D eigenvalue weighted by Gasteiger charge is 2.02. The predicted octanol–water partition coefficient (Wildman–Crippen LogP) is 5.36. The van der Waals surface area contributed by atoms with Crippen molar-refractivity contribution in [1.29, 1.82) is 0 Å². The number of halogens is 3. The van der Waals surface area contributed by atoms with Gasteiger partial charge in [-0.2, -0.15) is 0 Å². The molecule has 0 aliphatic rings. The lowest BCUT2D eigenvalue weighted by molar-refractivity contribution is 0.331. The normalized spacial score (nSPS) is 10.3. The van der Waals surface area contributed by atoms with Gasteiger partial charge in [0.15, 0.2) is 0 Å². The molecule has 2 aromatic carbocycles. The third kappa shape index (κ3) is 4.41. The van der Waals surface area contributed by atoms with Crippen LogP contribution in [0.2, 0.25) is 5.02 Å². The number of rotatable bonds is 5. The summed E-state index contributed by atoms with van der Waals surface area (Å²) < 4.78 is 7.58. The molecule has 0 radical (unpaired) electrons. The van der Waals surface area contributed by atoms with E-state index in [1.807, 2.05) is 42.5 Å². The van der Waals surface area contributed by atoms with Crippen LogP contribution in [0.5, 0.6) is 5.75 Å².